The van der Waals surface area contributed by atoms with Crippen LogP contribution in [0.25, 0.3) is 0 Å². The number of hydrogen-bond acceptors (Lipinski definition) is 4. The molecule has 5 nitrogen and oxygen atoms in total. The second-order valence-electron chi connectivity index (χ2n) is 4.78. The average molecular weight is 288 g/mol. The zero-order chi connectivity index (χ0) is 14.3. The lowest BCUT2D eigenvalue weighted by atomic mass is 10.2. The van der Waals surface area contributed by atoms with Gasteiger partial charge in [0.05, 0.1) is 6.54 Å². The summed E-state index contributed by atoms with van der Waals surface area (Å²) < 4.78 is 0. The number of hydrogen-bond donors (Lipinski definition) is 1. The quantitative estimate of drug-likeness (QED) is 0.761. The number of rotatable bonds is 7. The Balaban J connectivity index is 2.59. The summed E-state index contributed by atoms with van der Waals surface area (Å²) in [7, 11) is 0. The van der Waals surface area contributed by atoms with E-state index in [9.17, 15) is 14.7 Å². The molecule has 110 valence electrons. The second kappa shape index (κ2) is 8.43. The van der Waals surface area contributed by atoms with Crippen LogP contribution in [-0.2, 0) is 9.59 Å². The van der Waals surface area contributed by atoms with E-state index in [4.69, 9.17) is 0 Å². The van der Waals surface area contributed by atoms with Crippen molar-refractivity contribution in [3.8, 4) is 0 Å². The summed E-state index contributed by atoms with van der Waals surface area (Å²) in [5.74, 6) is 0.711. The number of carboxylic acids is 1. The molecule has 0 aromatic carbocycles. The molecule has 0 bridgehead atoms. The molecule has 1 aliphatic heterocycles. The van der Waals surface area contributed by atoms with E-state index in [1.54, 1.807) is 16.7 Å². The normalized spacial score (nSPS) is 20.2. The van der Waals surface area contributed by atoms with Crippen LogP contribution >= 0.6 is 11.8 Å². The third-order valence-electron chi connectivity index (χ3n) is 3.20. The van der Waals surface area contributed by atoms with Gasteiger partial charge in [0.15, 0.2) is 0 Å². The standard InChI is InChI=1S/C13H24N2O3S/c1-3-5-14(6-4-2)12(16)9-15-7-8-19-10-11(15)13(17)18/h11H,3-10H2,1-2H3,(H,17,18). The molecule has 1 fully saturated rings. The lowest BCUT2D eigenvalue weighted by Gasteiger charge is -2.33. The first-order chi connectivity index (χ1) is 9.10. The molecular formula is C13H24N2O3S. The summed E-state index contributed by atoms with van der Waals surface area (Å²) in [6, 6.07) is -0.521. The van der Waals surface area contributed by atoms with Crippen molar-refractivity contribution in [2.75, 3.05) is 37.7 Å². The van der Waals surface area contributed by atoms with Gasteiger partial charge in [-0.05, 0) is 12.8 Å². The summed E-state index contributed by atoms with van der Waals surface area (Å²) in [6.07, 6.45) is 1.87. The van der Waals surface area contributed by atoms with Crippen LogP contribution in [-0.4, -0.2) is 70.5 Å². The molecule has 1 rings (SSSR count). The van der Waals surface area contributed by atoms with Crippen molar-refractivity contribution in [2.45, 2.75) is 32.7 Å². The van der Waals surface area contributed by atoms with Gasteiger partial charge in [-0.1, -0.05) is 13.8 Å². The summed E-state index contributed by atoms with van der Waals surface area (Å²) in [4.78, 5) is 27.1. The van der Waals surface area contributed by atoms with Gasteiger partial charge in [-0.3, -0.25) is 14.5 Å². The van der Waals surface area contributed by atoms with E-state index in [0.717, 1.165) is 31.7 Å². The topological polar surface area (TPSA) is 60.9 Å². The fourth-order valence-corrected chi connectivity index (χ4v) is 3.34. The number of carbonyl (C=O) groups excluding carboxylic acids is 1. The molecule has 0 radical (unpaired) electrons. The lowest BCUT2D eigenvalue weighted by molar-refractivity contribution is -0.144. The zero-order valence-electron chi connectivity index (χ0n) is 11.8. The second-order valence-corrected chi connectivity index (χ2v) is 5.93. The van der Waals surface area contributed by atoms with Gasteiger partial charge in [0.1, 0.15) is 6.04 Å². The molecule has 1 amide bonds. The van der Waals surface area contributed by atoms with E-state index < -0.39 is 12.0 Å². The highest BCUT2D eigenvalue weighted by Crippen LogP contribution is 2.16. The maximum Gasteiger partial charge on any atom is 0.321 e. The molecule has 1 atom stereocenters. The smallest absolute Gasteiger partial charge is 0.321 e. The van der Waals surface area contributed by atoms with Crippen molar-refractivity contribution >= 4 is 23.6 Å². The number of carbonyl (C=O) groups is 2. The molecule has 1 N–H and O–H groups in total. The first-order valence-electron chi connectivity index (χ1n) is 6.92. The molecule has 0 spiro atoms. The van der Waals surface area contributed by atoms with Gasteiger partial charge >= 0.3 is 5.97 Å². The summed E-state index contributed by atoms with van der Waals surface area (Å²) in [5, 5.41) is 9.19. The van der Waals surface area contributed by atoms with Crippen molar-refractivity contribution in [1.29, 1.82) is 0 Å². The Morgan fingerprint density at radius 1 is 1.32 bits per heavy atom. The summed E-state index contributed by atoms with van der Waals surface area (Å²) >= 11 is 1.64. The number of carboxylic acid groups (broad SMARTS) is 1. The predicted molar refractivity (Wildman–Crippen MR) is 77.5 cm³/mol. The van der Waals surface area contributed by atoms with Gasteiger partial charge in [0.2, 0.25) is 5.91 Å². The molecule has 19 heavy (non-hydrogen) atoms. The van der Waals surface area contributed by atoms with E-state index >= 15 is 0 Å². The van der Waals surface area contributed by atoms with Crippen LogP contribution in [0.5, 0.6) is 0 Å². The number of amides is 1. The van der Waals surface area contributed by atoms with Crippen LogP contribution in [0.1, 0.15) is 26.7 Å². The highest BCUT2D eigenvalue weighted by molar-refractivity contribution is 7.99. The fraction of sp³-hybridized carbons (Fsp3) is 0.846. The van der Waals surface area contributed by atoms with Gasteiger partial charge in [-0.25, -0.2) is 0 Å². The Kier molecular flexibility index (Phi) is 7.23. The van der Waals surface area contributed by atoms with Gasteiger partial charge in [-0.2, -0.15) is 11.8 Å². The van der Waals surface area contributed by atoms with Crippen molar-refractivity contribution < 1.29 is 14.7 Å². The number of thioether (sulfide) groups is 1. The summed E-state index contributed by atoms with van der Waals surface area (Å²) in [6.45, 7) is 6.53. The van der Waals surface area contributed by atoms with Crippen LogP contribution in [0.2, 0.25) is 0 Å². The number of nitrogens with zero attached hydrogens (tertiary/aromatic N) is 2. The average Bonchev–Trinajstić information content (AvgIpc) is 2.38. The van der Waals surface area contributed by atoms with Crippen LogP contribution in [0.3, 0.4) is 0 Å². The first-order valence-corrected chi connectivity index (χ1v) is 8.08. The van der Waals surface area contributed by atoms with Crippen LogP contribution in [0.4, 0.5) is 0 Å². The molecule has 1 saturated heterocycles. The molecule has 1 aliphatic rings. The largest absolute Gasteiger partial charge is 0.480 e. The van der Waals surface area contributed by atoms with Crippen molar-refractivity contribution in [3.63, 3.8) is 0 Å². The highest BCUT2D eigenvalue weighted by atomic mass is 32.2. The molecule has 0 aromatic heterocycles. The van der Waals surface area contributed by atoms with Gasteiger partial charge in [-0.15, -0.1) is 0 Å². The Bertz CT molecular complexity index is 306. The maximum atomic E-state index is 12.2. The van der Waals surface area contributed by atoms with E-state index in [-0.39, 0.29) is 12.5 Å². The van der Waals surface area contributed by atoms with Gasteiger partial charge < -0.3 is 10.0 Å². The Hall–Kier alpha value is -0.750. The van der Waals surface area contributed by atoms with Gasteiger partial charge in [0.25, 0.3) is 0 Å². The van der Waals surface area contributed by atoms with Gasteiger partial charge in [0, 0.05) is 31.1 Å². The predicted octanol–water partition coefficient (Wildman–Crippen LogP) is 1.14. The Labute approximate surface area is 119 Å². The monoisotopic (exact) mass is 288 g/mol. The SMILES string of the molecule is CCCN(CCC)C(=O)CN1CCSCC1C(=O)O. The third kappa shape index (κ3) is 5.03. The van der Waals surface area contributed by atoms with Crippen LogP contribution in [0.15, 0.2) is 0 Å². The Morgan fingerprint density at radius 2 is 1.95 bits per heavy atom. The zero-order valence-corrected chi connectivity index (χ0v) is 12.6. The van der Waals surface area contributed by atoms with Crippen molar-refractivity contribution in [2.24, 2.45) is 0 Å². The lowest BCUT2D eigenvalue weighted by Crippen LogP contribution is -2.51. The van der Waals surface area contributed by atoms with E-state index in [0.29, 0.717) is 12.3 Å². The van der Waals surface area contributed by atoms with Crippen molar-refractivity contribution in [3.05, 3.63) is 0 Å². The van der Waals surface area contributed by atoms with E-state index in [1.807, 2.05) is 18.7 Å². The van der Waals surface area contributed by atoms with Crippen LogP contribution in [0, 0.1) is 0 Å². The molecule has 0 aromatic rings. The minimum atomic E-state index is -0.822. The van der Waals surface area contributed by atoms with Crippen LogP contribution < -0.4 is 0 Å². The minimum absolute atomic E-state index is 0.0573. The van der Waals surface area contributed by atoms with E-state index in [1.165, 1.54) is 0 Å². The highest BCUT2D eigenvalue weighted by Gasteiger charge is 2.30. The maximum absolute atomic E-state index is 12.2. The molecule has 1 unspecified atom stereocenters. The molecular weight excluding hydrogens is 264 g/mol. The summed E-state index contributed by atoms with van der Waals surface area (Å²) in [5.41, 5.74) is 0. The molecule has 1 heterocycles. The Morgan fingerprint density at radius 3 is 2.47 bits per heavy atom. The van der Waals surface area contributed by atoms with Crippen molar-refractivity contribution in [1.82, 2.24) is 9.80 Å². The van der Waals surface area contributed by atoms with E-state index in [2.05, 4.69) is 0 Å². The molecule has 6 heteroatoms. The number of aliphatic carboxylic acids is 1. The fourth-order valence-electron chi connectivity index (χ4n) is 2.23. The third-order valence-corrected chi connectivity index (χ3v) is 4.23. The minimum Gasteiger partial charge on any atom is -0.480 e. The molecule has 0 saturated carbocycles. The molecule has 0 aliphatic carbocycles. The first kappa shape index (κ1) is 16.3.